The number of nitrogens with two attached hydrogens (primary N) is 1. The maximum atomic E-state index is 11.5. The molecule has 0 aliphatic carbocycles. The quantitative estimate of drug-likeness (QED) is 0.584. The predicted octanol–water partition coefficient (Wildman–Crippen LogP) is -0.176. The Morgan fingerprint density at radius 2 is 2.12 bits per heavy atom. The van der Waals surface area contributed by atoms with Crippen LogP contribution in [0.3, 0.4) is 0 Å². The third kappa shape index (κ3) is 8.55. The van der Waals surface area contributed by atoms with Gasteiger partial charge in [0.1, 0.15) is 0 Å². The normalized spacial score (nSPS) is 12.2. The molecule has 0 aromatic rings. The lowest BCUT2D eigenvalue weighted by atomic mass is 10.2. The van der Waals surface area contributed by atoms with E-state index in [1.165, 1.54) is 11.8 Å². The van der Waals surface area contributed by atoms with E-state index in [4.69, 9.17) is 10.8 Å². The summed E-state index contributed by atoms with van der Waals surface area (Å²) in [7, 11) is 1.71. The molecule has 3 N–H and O–H groups in total. The van der Waals surface area contributed by atoms with Crippen molar-refractivity contribution in [2.75, 3.05) is 25.1 Å². The molecule has 0 aromatic carbocycles. The van der Waals surface area contributed by atoms with Crippen molar-refractivity contribution in [3.05, 3.63) is 0 Å². The summed E-state index contributed by atoms with van der Waals surface area (Å²) in [5.41, 5.74) is 4.97. The number of aliphatic hydroxyl groups is 1. The summed E-state index contributed by atoms with van der Waals surface area (Å²) in [4.78, 5) is 23.5. The molecular formula is C10H20N2O3S. The molecule has 6 heteroatoms. The van der Waals surface area contributed by atoms with Crippen LogP contribution in [-0.4, -0.2) is 53.0 Å². The van der Waals surface area contributed by atoms with Gasteiger partial charge in [0.2, 0.25) is 11.8 Å². The second-order valence-corrected chi connectivity index (χ2v) is 4.83. The SMILES string of the molecule is CC(O)CCN(C)C(=O)CCSCC(N)=O. The molecule has 0 aliphatic heterocycles. The molecule has 1 atom stereocenters. The fourth-order valence-corrected chi connectivity index (χ4v) is 1.69. The van der Waals surface area contributed by atoms with Crippen molar-refractivity contribution in [1.82, 2.24) is 4.90 Å². The summed E-state index contributed by atoms with van der Waals surface area (Å²) < 4.78 is 0. The van der Waals surface area contributed by atoms with E-state index in [0.717, 1.165) is 0 Å². The van der Waals surface area contributed by atoms with Gasteiger partial charge in [-0.2, -0.15) is 11.8 Å². The van der Waals surface area contributed by atoms with E-state index in [1.54, 1.807) is 18.9 Å². The zero-order chi connectivity index (χ0) is 12.6. The van der Waals surface area contributed by atoms with Gasteiger partial charge in [-0.15, -0.1) is 0 Å². The summed E-state index contributed by atoms with van der Waals surface area (Å²) >= 11 is 1.36. The van der Waals surface area contributed by atoms with Crippen LogP contribution in [0.25, 0.3) is 0 Å². The minimum absolute atomic E-state index is 0.0256. The van der Waals surface area contributed by atoms with Crippen molar-refractivity contribution >= 4 is 23.6 Å². The molecule has 0 spiro atoms. The zero-order valence-corrected chi connectivity index (χ0v) is 10.6. The van der Waals surface area contributed by atoms with Gasteiger partial charge in [-0.3, -0.25) is 9.59 Å². The lowest BCUT2D eigenvalue weighted by Gasteiger charge is -2.17. The topological polar surface area (TPSA) is 83.6 Å². The largest absolute Gasteiger partial charge is 0.393 e. The van der Waals surface area contributed by atoms with E-state index in [0.29, 0.717) is 25.1 Å². The van der Waals surface area contributed by atoms with E-state index >= 15 is 0 Å². The standard InChI is InChI=1S/C10H20N2O3S/c1-8(13)3-5-12(2)10(15)4-6-16-7-9(11)14/h8,13H,3-7H2,1-2H3,(H2,11,14). The van der Waals surface area contributed by atoms with Crippen molar-refractivity contribution in [2.24, 2.45) is 5.73 Å². The number of carbonyl (C=O) groups is 2. The van der Waals surface area contributed by atoms with E-state index in [1.807, 2.05) is 0 Å². The van der Waals surface area contributed by atoms with Gasteiger partial charge in [0.15, 0.2) is 0 Å². The number of primary amides is 1. The number of nitrogens with zero attached hydrogens (tertiary/aromatic N) is 1. The fourth-order valence-electron chi connectivity index (χ4n) is 1.03. The van der Waals surface area contributed by atoms with Crippen molar-refractivity contribution in [3.8, 4) is 0 Å². The molecule has 0 saturated carbocycles. The molecule has 2 amide bonds. The Morgan fingerprint density at radius 3 is 2.62 bits per heavy atom. The number of hydrogen-bond acceptors (Lipinski definition) is 4. The average molecular weight is 248 g/mol. The van der Waals surface area contributed by atoms with Crippen LogP contribution in [0, 0.1) is 0 Å². The number of carbonyl (C=O) groups excluding carboxylic acids is 2. The highest BCUT2D eigenvalue weighted by Crippen LogP contribution is 2.04. The first-order valence-corrected chi connectivity index (χ1v) is 6.37. The molecule has 0 saturated heterocycles. The molecule has 5 nitrogen and oxygen atoms in total. The van der Waals surface area contributed by atoms with Gasteiger partial charge in [-0.25, -0.2) is 0 Å². The summed E-state index contributed by atoms with van der Waals surface area (Å²) in [5.74, 6) is 0.517. The molecular weight excluding hydrogens is 228 g/mol. The summed E-state index contributed by atoms with van der Waals surface area (Å²) in [6.07, 6.45) is 0.588. The van der Waals surface area contributed by atoms with E-state index in [9.17, 15) is 9.59 Å². The molecule has 0 bridgehead atoms. The Kier molecular flexibility index (Phi) is 8.01. The zero-order valence-electron chi connectivity index (χ0n) is 9.81. The van der Waals surface area contributed by atoms with Gasteiger partial charge in [-0.1, -0.05) is 0 Å². The number of thioether (sulfide) groups is 1. The van der Waals surface area contributed by atoms with E-state index in [-0.39, 0.29) is 23.7 Å². The molecule has 1 unspecified atom stereocenters. The fraction of sp³-hybridized carbons (Fsp3) is 0.800. The van der Waals surface area contributed by atoms with Crippen LogP contribution in [0.15, 0.2) is 0 Å². The maximum Gasteiger partial charge on any atom is 0.227 e. The summed E-state index contributed by atoms with van der Waals surface area (Å²) in [5, 5.41) is 9.06. The second kappa shape index (κ2) is 8.41. The Hall–Kier alpha value is -0.750. The van der Waals surface area contributed by atoms with Gasteiger partial charge in [0, 0.05) is 25.8 Å². The Balaban J connectivity index is 3.59. The lowest BCUT2D eigenvalue weighted by Crippen LogP contribution is -2.29. The van der Waals surface area contributed by atoms with Gasteiger partial charge < -0.3 is 15.7 Å². The molecule has 0 rings (SSSR count). The van der Waals surface area contributed by atoms with Crippen molar-refractivity contribution in [1.29, 1.82) is 0 Å². The van der Waals surface area contributed by atoms with E-state index < -0.39 is 0 Å². The first-order valence-electron chi connectivity index (χ1n) is 5.21. The highest BCUT2D eigenvalue weighted by atomic mass is 32.2. The highest BCUT2D eigenvalue weighted by molar-refractivity contribution is 7.99. The van der Waals surface area contributed by atoms with Gasteiger partial charge >= 0.3 is 0 Å². The molecule has 0 aromatic heterocycles. The lowest BCUT2D eigenvalue weighted by molar-refractivity contribution is -0.129. The van der Waals surface area contributed by atoms with E-state index in [2.05, 4.69) is 0 Å². The minimum atomic E-state index is -0.389. The smallest absolute Gasteiger partial charge is 0.227 e. The average Bonchev–Trinajstić information content (AvgIpc) is 2.20. The van der Waals surface area contributed by atoms with Crippen LogP contribution in [0.1, 0.15) is 19.8 Å². The van der Waals surface area contributed by atoms with Crippen molar-refractivity contribution < 1.29 is 14.7 Å². The third-order valence-electron chi connectivity index (χ3n) is 2.01. The molecule has 0 aliphatic rings. The third-order valence-corrected chi connectivity index (χ3v) is 2.99. The highest BCUT2D eigenvalue weighted by Gasteiger charge is 2.09. The predicted molar refractivity (Wildman–Crippen MR) is 65.1 cm³/mol. The van der Waals surface area contributed by atoms with Crippen LogP contribution in [0.5, 0.6) is 0 Å². The van der Waals surface area contributed by atoms with Crippen LogP contribution in [-0.2, 0) is 9.59 Å². The number of amides is 2. The maximum absolute atomic E-state index is 11.5. The first-order chi connectivity index (χ1) is 7.43. The van der Waals surface area contributed by atoms with Crippen LogP contribution >= 0.6 is 11.8 Å². The van der Waals surface area contributed by atoms with Gasteiger partial charge in [0.05, 0.1) is 11.9 Å². The minimum Gasteiger partial charge on any atom is -0.393 e. The van der Waals surface area contributed by atoms with Gasteiger partial charge in [-0.05, 0) is 13.3 Å². The molecule has 0 radical (unpaired) electrons. The van der Waals surface area contributed by atoms with Crippen LogP contribution in [0.4, 0.5) is 0 Å². The monoisotopic (exact) mass is 248 g/mol. The second-order valence-electron chi connectivity index (χ2n) is 3.72. The van der Waals surface area contributed by atoms with Crippen LogP contribution < -0.4 is 5.73 Å². The van der Waals surface area contributed by atoms with Crippen molar-refractivity contribution in [3.63, 3.8) is 0 Å². The number of aliphatic hydroxyl groups excluding tert-OH is 1. The van der Waals surface area contributed by atoms with Crippen molar-refractivity contribution in [2.45, 2.75) is 25.9 Å². The molecule has 16 heavy (non-hydrogen) atoms. The van der Waals surface area contributed by atoms with Gasteiger partial charge in [0.25, 0.3) is 0 Å². The Bertz CT molecular complexity index is 234. The Morgan fingerprint density at radius 1 is 1.50 bits per heavy atom. The number of rotatable bonds is 8. The summed E-state index contributed by atoms with van der Waals surface area (Å²) in [6.45, 7) is 2.25. The Labute approximate surface area is 100 Å². The van der Waals surface area contributed by atoms with Crippen LogP contribution in [0.2, 0.25) is 0 Å². The summed E-state index contributed by atoms with van der Waals surface area (Å²) in [6, 6.07) is 0. The molecule has 0 fully saturated rings. The molecule has 0 heterocycles. The first kappa shape index (κ1) is 15.2. The number of hydrogen-bond donors (Lipinski definition) is 2. The molecule has 94 valence electrons.